The van der Waals surface area contributed by atoms with Crippen molar-refractivity contribution in [2.24, 2.45) is 0 Å². The first-order valence-electron chi connectivity index (χ1n) is 9.24. The number of rotatable bonds is 4. The maximum Gasteiger partial charge on any atom is 0.255 e. The van der Waals surface area contributed by atoms with E-state index < -0.39 is 0 Å². The Morgan fingerprint density at radius 1 is 1.14 bits per heavy atom. The number of aromatic amines is 1. The minimum absolute atomic E-state index is 0.0387. The summed E-state index contributed by atoms with van der Waals surface area (Å²) >= 11 is 9.18. The molecule has 0 aliphatic carbocycles. The van der Waals surface area contributed by atoms with Crippen molar-refractivity contribution < 1.29 is 0 Å². The topological polar surface area (TPSA) is 61.9 Å². The number of hydrogen-bond donors (Lipinski definition) is 1. The minimum Gasteiger partial charge on any atom is -0.306 e. The average Bonchev–Trinajstić information content (AvgIpc) is 3.41. The van der Waals surface area contributed by atoms with Crippen LogP contribution < -0.4 is 5.56 Å². The van der Waals surface area contributed by atoms with E-state index in [4.69, 9.17) is 21.6 Å². The quantitative estimate of drug-likeness (QED) is 0.493. The number of fused-ring (bicyclic) bond motifs is 1. The molecule has 1 N–H and O–H groups in total. The van der Waals surface area contributed by atoms with Crippen LogP contribution in [0, 0.1) is 0 Å². The molecule has 1 aliphatic heterocycles. The van der Waals surface area contributed by atoms with Crippen molar-refractivity contribution in [2.45, 2.75) is 19.5 Å². The fourth-order valence-corrected chi connectivity index (χ4v) is 5.09. The van der Waals surface area contributed by atoms with Crippen LogP contribution in [0.5, 0.6) is 0 Å². The normalized spacial score (nSPS) is 14.1. The number of nitrogens with one attached hydrogen (secondary N) is 1. The lowest BCUT2D eigenvalue weighted by Crippen LogP contribution is -2.35. The van der Waals surface area contributed by atoms with Gasteiger partial charge in [0, 0.05) is 42.0 Å². The molecule has 1 aromatic carbocycles. The van der Waals surface area contributed by atoms with Crippen molar-refractivity contribution in [1.82, 2.24) is 19.9 Å². The van der Waals surface area contributed by atoms with Gasteiger partial charge in [-0.2, -0.15) is 0 Å². The lowest BCUT2D eigenvalue weighted by atomic mass is 10.1. The summed E-state index contributed by atoms with van der Waals surface area (Å²) in [5.41, 5.74) is 3.72. The highest BCUT2D eigenvalue weighted by Crippen LogP contribution is 2.27. The van der Waals surface area contributed by atoms with Gasteiger partial charge < -0.3 is 4.98 Å². The number of hydrogen-bond acceptors (Lipinski definition) is 6. The summed E-state index contributed by atoms with van der Waals surface area (Å²) in [6.07, 6.45) is 0.770. The van der Waals surface area contributed by atoms with Crippen LogP contribution in [0.25, 0.3) is 21.3 Å². The van der Waals surface area contributed by atoms with Gasteiger partial charge in [0.05, 0.1) is 21.8 Å². The van der Waals surface area contributed by atoms with Gasteiger partial charge in [0.2, 0.25) is 0 Å². The van der Waals surface area contributed by atoms with E-state index in [1.807, 2.05) is 41.8 Å². The van der Waals surface area contributed by atoms with Crippen molar-refractivity contribution in [3.8, 4) is 21.3 Å². The zero-order valence-corrected chi connectivity index (χ0v) is 17.8. The van der Waals surface area contributed by atoms with Crippen molar-refractivity contribution in [1.29, 1.82) is 0 Å². The van der Waals surface area contributed by atoms with E-state index in [-0.39, 0.29) is 5.56 Å². The monoisotopic (exact) mass is 440 g/mol. The number of halogens is 1. The first-order valence-corrected chi connectivity index (χ1v) is 11.4. The molecule has 0 unspecified atom stereocenters. The Balaban J connectivity index is 1.33. The molecule has 0 spiro atoms. The SMILES string of the molecule is O=c1[nH]c(-c2cccs2)nc2c1CN(Cc1csc(-c3ccc(Cl)cc3)n1)CC2. The van der Waals surface area contributed by atoms with Crippen molar-refractivity contribution in [3.05, 3.63) is 79.5 Å². The molecule has 0 fully saturated rings. The fourth-order valence-electron chi connectivity index (χ4n) is 3.48. The molecule has 8 heteroatoms. The van der Waals surface area contributed by atoms with Gasteiger partial charge >= 0.3 is 0 Å². The molecule has 0 atom stereocenters. The van der Waals surface area contributed by atoms with E-state index >= 15 is 0 Å². The Hall–Kier alpha value is -2.32. The summed E-state index contributed by atoms with van der Waals surface area (Å²) in [7, 11) is 0. The summed E-state index contributed by atoms with van der Waals surface area (Å²) in [5, 5.41) is 5.78. The summed E-state index contributed by atoms with van der Waals surface area (Å²) in [6, 6.07) is 11.7. The smallest absolute Gasteiger partial charge is 0.255 e. The standard InChI is InChI=1S/C21H17ClN4OS2/c22-14-5-3-13(4-6-14)21-23-15(12-29-21)10-26-8-7-17-16(11-26)20(27)25-19(24-17)18-2-1-9-28-18/h1-6,9,12H,7-8,10-11H2,(H,24,25,27). The largest absolute Gasteiger partial charge is 0.306 e. The van der Waals surface area contributed by atoms with Crippen LogP contribution in [0.4, 0.5) is 0 Å². The Morgan fingerprint density at radius 3 is 2.79 bits per heavy atom. The molecule has 0 radical (unpaired) electrons. The highest BCUT2D eigenvalue weighted by atomic mass is 35.5. The number of benzene rings is 1. The molecule has 4 heterocycles. The van der Waals surface area contributed by atoms with Crippen molar-refractivity contribution in [3.63, 3.8) is 0 Å². The van der Waals surface area contributed by atoms with Crippen LogP contribution in [-0.2, 0) is 19.5 Å². The third-order valence-corrected chi connectivity index (χ3v) is 7.00. The molecule has 5 nitrogen and oxygen atoms in total. The number of aromatic nitrogens is 3. The summed E-state index contributed by atoms with van der Waals surface area (Å²) < 4.78 is 0. The highest BCUT2D eigenvalue weighted by Gasteiger charge is 2.22. The third kappa shape index (κ3) is 3.91. The molecular weight excluding hydrogens is 424 g/mol. The Labute approximate surface area is 180 Å². The van der Waals surface area contributed by atoms with Gasteiger partial charge in [-0.15, -0.1) is 22.7 Å². The molecule has 0 amide bonds. The van der Waals surface area contributed by atoms with Crippen LogP contribution in [0.1, 0.15) is 17.0 Å². The van der Waals surface area contributed by atoms with Crippen molar-refractivity contribution >= 4 is 34.3 Å². The van der Waals surface area contributed by atoms with Gasteiger partial charge in [-0.25, -0.2) is 9.97 Å². The van der Waals surface area contributed by atoms with Crippen LogP contribution in [-0.4, -0.2) is 26.4 Å². The maximum absolute atomic E-state index is 12.7. The summed E-state index contributed by atoms with van der Waals surface area (Å²) in [4.78, 5) is 28.3. The fraction of sp³-hybridized carbons (Fsp3) is 0.190. The minimum atomic E-state index is -0.0387. The van der Waals surface area contributed by atoms with Crippen LogP contribution in [0.15, 0.2) is 52.0 Å². The number of thiophene rings is 1. The van der Waals surface area contributed by atoms with Crippen molar-refractivity contribution in [2.75, 3.05) is 6.54 Å². The Bertz CT molecular complexity index is 1200. The first-order chi connectivity index (χ1) is 14.2. The number of H-pyrrole nitrogens is 1. The van der Waals surface area contributed by atoms with Crippen LogP contribution in [0.2, 0.25) is 5.02 Å². The van der Waals surface area contributed by atoms with Gasteiger partial charge in [-0.1, -0.05) is 29.8 Å². The van der Waals surface area contributed by atoms with Gasteiger partial charge in [-0.3, -0.25) is 9.69 Å². The van der Waals surface area contributed by atoms with E-state index in [1.54, 1.807) is 22.7 Å². The zero-order chi connectivity index (χ0) is 19.8. The molecule has 0 saturated carbocycles. The molecule has 3 aromatic heterocycles. The molecule has 0 saturated heterocycles. The predicted molar refractivity (Wildman–Crippen MR) is 119 cm³/mol. The van der Waals surface area contributed by atoms with Crippen LogP contribution in [0.3, 0.4) is 0 Å². The third-order valence-electron chi connectivity index (χ3n) is 4.93. The van der Waals surface area contributed by atoms with Gasteiger partial charge in [-0.05, 0) is 23.6 Å². The zero-order valence-electron chi connectivity index (χ0n) is 15.4. The molecule has 29 heavy (non-hydrogen) atoms. The van der Waals surface area contributed by atoms with E-state index in [9.17, 15) is 4.79 Å². The molecule has 5 rings (SSSR count). The first kappa shape index (κ1) is 18.7. The molecule has 0 bridgehead atoms. The van der Waals surface area contributed by atoms with Gasteiger partial charge in [0.15, 0.2) is 5.82 Å². The second-order valence-corrected chi connectivity index (χ2v) is 9.17. The van der Waals surface area contributed by atoms with Gasteiger partial charge in [0.25, 0.3) is 5.56 Å². The average molecular weight is 441 g/mol. The summed E-state index contributed by atoms with van der Waals surface area (Å²) in [5.74, 6) is 0.671. The Morgan fingerprint density at radius 2 is 2.00 bits per heavy atom. The second-order valence-electron chi connectivity index (χ2n) is 6.93. The predicted octanol–water partition coefficient (Wildman–Crippen LogP) is 4.83. The lowest BCUT2D eigenvalue weighted by molar-refractivity contribution is 0.239. The number of nitrogens with zero attached hydrogens (tertiary/aromatic N) is 3. The molecule has 1 aliphatic rings. The lowest BCUT2D eigenvalue weighted by Gasteiger charge is -2.26. The van der Waals surface area contributed by atoms with E-state index in [1.165, 1.54) is 0 Å². The molecule has 146 valence electrons. The van der Waals surface area contributed by atoms with E-state index in [0.717, 1.165) is 56.9 Å². The van der Waals surface area contributed by atoms with E-state index in [2.05, 4.69) is 15.3 Å². The Kier molecular flexibility index (Phi) is 5.05. The second kappa shape index (κ2) is 7.84. The molecular formula is C21H17ClN4OS2. The number of thiazole rings is 1. The molecule has 4 aromatic rings. The van der Waals surface area contributed by atoms with E-state index in [0.29, 0.717) is 12.4 Å². The van der Waals surface area contributed by atoms with Gasteiger partial charge in [0.1, 0.15) is 5.01 Å². The maximum atomic E-state index is 12.7. The summed E-state index contributed by atoms with van der Waals surface area (Å²) in [6.45, 7) is 2.17. The highest BCUT2D eigenvalue weighted by molar-refractivity contribution is 7.13. The van der Waals surface area contributed by atoms with Crippen LogP contribution >= 0.6 is 34.3 Å².